The van der Waals surface area contributed by atoms with Crippen molar-refractivity contribution in [3.8, 4) is 0 Å². The molecule has 0 amide bonds. The van der Waals surface area contributed by atoms with Crippen LogP contribution in [0.4, 0.5) is 0 Å². The van der Waals surface area contributed by atoms with Crippen molar-refractivity contribution in [1.29, 1.82) is 0 Å². The zero-order chi connectivity index (χ0) is 11.7. The quantitative estimate of drug-likeness (QED) is 0.889. The monoisotopic (exact) mass is 271 g/mol. The van der Waals surface area contributed by atoms with Crippen LogP contribution in [0.2, 0.25) is 0 Å². The van der Waals surface area contributed by atoms with Gasteiger partial charge in [-0.3, -0.25) is 0 Å². The Morgan fingerprint density at radius 3 is 3.24 bits per heavy atom. The first kappa shape index (κ1) is 11.9. The van der Waals surface area contributed by atoms with Crippen LogP contribution in [0, 0.1) is 5.92 Å². The number of hydrogen-bond donors (Lipinski definition) is 1. The summed E-state index contributed by atoms with van der Waals surface area (Å²) in [5.41, 5.74) is 7.36. The summed E-state index contributed by atoms with van der Waals surface area (Å²) in [6.45, 7) is 0.844. The fourth-order valence-electron chi connectivity index (χ4n) is 2.80. The van der Waals surface area contributed by atoms with Crippen LogP contribution in [-0.2, 0) is 4.74 Å². The van der Waals surface area contributed by atoms with E-state index in [1.807, 2.05) is 11.8 Å². The highest BCUT2D eigenvalue weighted by Crippen LogP contribution is 2.43. The molecule has 3 rings (SSSR count). The van der Waals surface area contributed by atoms with Crippen molar-refractivity contribution in [2.24, 2.45) is 11.7 Å². The van der Waals surface area contributed by atoms with Crippen LogP contribution < -0.4 is 5.73 Å². The predicted octanol–water partition coefficient (Wildman–Crippen LogP) is 1.84. The summed E-state index contributed by atoms with van der Waals surface area (Å²) in [5, 5.41) is 0. The summed E-state index contributed by atoms with van der Waals surface area (Å²) in [4.78, 5) is 0. The van der Waals surface area contributed by atoms with Gasteiger partial charge in [0.1, 0.15) is 0 Å². The lowest BCUT2D eigenvalue weighted by Crippen LogP contribution is -2.42. The fraction of sp³-hybridized carbons (Fsp3) is 0.818. The molecule has 1 spiro atoms. The van der Waals surface area contributed by atoms with Gasteiger partial charge in [0.15, 0.2) is 0 Å². The van der Waals surface area contributed by atoms with E-state index in [-0.39, 0.29) is 11.6 Å². The SMILES string of the molecule is NC(c1cnsn1)C1CCOC2(CCSC2)C1. The first-order valence-electron chi connectivity index (χ1n) is 6.04. The molecule has 0 aliphatic carbocycles. The molecule has 3 atom stereocenters. The lowest BCUT2D eigenvalue weighted by molar-refractivity contribution is -0.0835. The van der Waals surface area contributed by atoms with Crippen molar-refractivity contribution in [3.63, 3.8) is 0 Å². The smallest absolute Gasteiger partial charge is 0.0912 e. The van der Waals surface area contributed by atoms with E-state index in [1.165, 1.54) is 23.9 Å². The van der Waals surface area contributed by atoms with Crippen molar-refractivity contribution >= 4 is 23.5 Å². The van der Waals surface area contributed by atoms with Gasteiger partial charge in [0.05, 0.1) is 35.3 Å². The van der Waals surface area contributed by atoms with Crippen molar-refractivity contribution in [2.45, 2.75) is 30.9 Å². The molecular formula is C11H17N3OS2. The number of hydrogen-bond acceptors (Lipinski definition) is 6. The summed E-state index contributed by atoms with van der Waals surface area (Å²) >= 11 is 3.24. The van der Waals surface area contributed by atoms with Gasteiger partial charge in [0.25, 0.3) is 0 Å². The Balaban J connectivity index is 1.71. The third-order valence-corrected chi connectivity index (χ3v) is 5.54. The lowest BCUT2D eigenvalue weighted by atomic mass is 9.81. The van der Waals surface area contributed by atoms with Crippen molar-refractivity contribution in [1.82, 2.24) is 8.75 Å². The number of rotatable bonds is 2. The third kappa shape index (κ3) is 2.36. The number of nitrogens with zero attached hydrogens (tertiary/aromatic N) is 2. The Kier molecular flexibility index (Phi) is 3.38. The van der Waals surface area contributed by atoms with E-state index >= 15 is 0 Å². The molecule has 2 aliphatic heterocycles. The maximum atomic E-state index is 6.31. The highest BCUT2D eigenvalue weighted by Gasteiger charge is 2.42. The van der Waals surface area contributed by atoms with Crippen LogP contribution in [0.3, 0.4) is 0 Å². The molecule has 3 unspecified atom stereocenters. The highest BCUT2D eigenvalue weighted by molar-refractivity contribution is 7.99. The summed E-state index contributed by atoms with van der Waals surface area (Å²) in [6.07, 6.45) is 5.11. The number of ether oxygens (including phenoxy) is 1. The molecular weight excluding hydrogens is 254 g/mol. The summed E-state index contributed by atoms with van der Waals surface area (Å²) in [6, 6.07) is 0.0279. The zero-order valence-corrected chi connectivity index (χ0v) is 11.3. The van der Waals surface area contributed by atoms with E-state index in [0.717, 1.165) is 30.9 Å². The van der Waals surface area contributed by atoms with Crippen LogP contribution in [-0.4, -0.2) is 32.5 Å². The van der Waals surface area contributed by atoms with E-state index in [1.54, 1.807) is 6.20 Å². The van der Waals surface area contributed by atoms with Crippen LogP contribution in [0.15, 0.2) is 6.20 Å². The van der Waals surface area contributed by atoms with Gasteiger partial charge in [-0.25, -0.2) is 0 Å². The van der Waals surface area contributed by atoms with Crippen LogP contribution in [0.5, 0.6) is 0 Å². The Labute approximate surface area is 110 Å². The third-order valence-electron chi connectivity index (χ3n) is 3.83. The van der Waals surface area contributed by atoms with Crippen molar-refractivity contribution in [2.75, 3.05) is 18.1 Å². The zero-order valence-electron chi connectivity index (χ0n) is 9.67. The molecule has 0 radical (unpaired) electrons. The molecule has 94 valence electrons. The normalized spacial score (nSPS) is 35.2. The average Bonchev–Trinajstić information content (AvgIpc) is 3.00. The van der Waals surface area contributed by atoms with Gasteiger partial charge in [-0.05, 0) is 30.9 Å². The van der Waals surface area contributed by atoms with Gasteiger partial charge in [-0.15, -0.1) is 0 Å². The second kappa shape index (κ2) is 4.84. The highest BCUT2D eigenvalue weighted by atomic mass is 32.2. The molecule has 2 fully saturated rings. The van der Waals surface area contributed by atoms with Gasteiger partial charge in [0.2, 0.25) is 0 Å². The molecule has 6 heteroatoms. The van der Waals surface area contributed by atoms with Gasteiger partial charge < -0.3 is 10.5 Å². The molecule has 3 heterocycles. The minimum atomic E-state index is 0.0279. The summed E-state index contributed by atoms with van der Waals surface area (Å²) < 4.78 is 14.3. The largest absolute Gasteiger partial charge is 0.374 e. The maximum Gasteiger partial charge on any atom is 0.0912 e. The molecule has 0 bridgehead atoms. The van der Waals surface area contributed by atoms with Crippen LogP contribution in [0.1, 0.15) is 31.0 Å². The molecule has 1 aromatic heterocycles. The van der Waals surface area contributed by atoms with E-state index in [4.69, 9.17) is 10.5 Å². The summed E-state index contributed by atoms with van der Waals surface area (Å²) in [5.74, 6) is 2.84. The fourth-order valence-corrected chi connectivity index (χ4v) is 4.64. The van der Waals surface area contributed by atoms with Gasteiger partial charge in [0, 0.05) is 12.4 Å². The molecule has 0 aromatic carbocycles. The van der Waals surface area contributed by atoms with Gasteiger partial charge >= 0.3 is 0 Å². The molecule has 4 nitrogen and oxygen atoms in total. The Bertz CT molecular complexity index is 365. The molecule has 0 saturated carbocycles. The number of nitrogens with two attached hydrogens (primary N) is 1. The summed E-state index contributed by atoms with van der Waals surface area (Å²) in [7, 11) is 0. The first-order valence-corrected chi connectivity index (χ1v) is 7.92. The van der Waals surface area contributed by atoms with E-state index in [9.17, 15) is 0 Å². The Morgan fingerprint density at radius 2 is 2.53 bits per heavy atom. The van der Waals surface area contributed by atoms with E-state index in [2.05, 4.69) is 8.75 Å². The lowest BCUT2D eigenvalue weighted by Gasteiger charge is -2.39. The second-order valence-electron chi connectivity index (χ2n) is 4.95. The minimum Gasteiger partial charge on any atom is -0.374 e. The molecule has 2 N–H and O–H groups in total. The minimum absolute atomic E-state index is 0.0279. The topological polar surface area (TPSA) is 61.0 Å². The Hall–Kier alpha value is -0.170. The predicted molar refractivity (Wildman–Crippen MR) is 70.2 cm³/mol. The Morgan fingerprint density at radius 1 is 1.59 bits per heavy atom. The van der Waals surface area contributed by atoms with E-state index in [0.29, 0.717) is 5.92 Å². The molecule has 2 saturated heterocycles. The first-order chi connectivity index (χ1) is 8.29. The van der Waals surface area contributed by atoms with Crippen molar-refractivity contribution in [3.05, 3.63) is 11.9 Å². The molecule has 2 aliphatic rings. The van der Waals surface area contributed by atoms with Crippen LogP contribution in [0.25, 0.3) is 0 Å². The number of aromatic nitrogens is 2. The second-order valence-corrected chi connectivity index (χ2v) is 6.61. The van der Waals surface area contributed by atoms with E-state index < -0.39 is 0 Å². The number of thioether (sulfide) groups is 1. The van der Waals surface area contributed by atoms with Gasteiger partial charge in [-0.1, -0.05) is 0 Å². The molecule has 17 heavy (non-hydrogen) atoms. The van der Waals surface area contributed by atoms with Crippen molar-refractivity contribution < 1.29 is 4.74 Å². The standard InChI is InChI=1S/C11H17N3OS2/c12-10(9-6-13-17-14-9)8-1-3-15-11(5-8)2-4-16-7-11/h6,8,10H,1-5,7,12H2. The van der Waals surface area contributed by atoms with Crippen LogP contribution >= 0.6 is 23.5 Å². The maximum absolute atomic E-state index is 6.31. The molecule has 1 aromatic rings. The van der Waals surface area contributed by atoms with Gasteiger partial charge in [-0.2, -0.15) is 20.5 Å². The average molecular weight is 271 g/mol.